The van der Waals surface area contributed by atoms with Gasteiger partial charge in [0, 0.05) is 37.2 Å². The van der Waals surface area contributed by atoms with Gasteiger partial charge < -0.3 is 20.0 Å². The predicted molar refractivity (Wildman–Crippen MR) is 118 cm³/mol. The quantitative estimate of drug-likeness (QED) is 0.590. The molecule has 1 unspecified atom stereocenters. The lowest BCUT2D eigenvalue weighted by molar-refractivity contribution is -0.274. The highest BCUT2D eigenvalue weighted by Gasteiger charge is 2.32. The Morgan fingerprint density at radius 1 is 1.09 bits per heavy atom. The van der Waals surface area contributed by atoms with Crippen molar-refractivity contribution in [3.8, 4) is 5.75 Å². The van der Waals surface area contributed by atoms with Crippen LogP contribution in [0.5, 0.6) is 5.75 Å². The lowest BCUT2D eigenvalue weighted by Gasteiger charge is -2.27. The van der Waals surface area contributed by atoms with Gasteiger partial charge in [-0.05, 0) is 36.4 Å². The number of alkyl halides is 3. The minimum atomic E-state index is -4.85. The SMILES string of the molecule is O=S(=O)(c1ccc(OC(F)(F)F)cc1)N1CCC(=NOCC2=CC(O)c3ccccc3N2)CC1. The number of para-hydroxylation sites is 1. The fourth-order valence-electron chi connectivity index (χ4n) is 3.68. The number of halogens is 3. The van der Waals surface area contributed by atoms with Crippen LogP contribution < -0.4 is 10.1 Å². The van der Waals surface area contributed by atoms with E-state index in [2.05, 4.69) is 15.2 Å². The van der Waals surface area contributed by atoms with Crippen molar-refractivity contribution in [3.05, 3.63) is 65.9 Å². The van der Waals surface area contributed by atoms with E-state index in [-0.39, 0.29) is 24.6 Å². The summed E-state index contributed by atoms with van der Waals surface area (Å²) in [6.07, 6.45) is -3.24. The molecule has 0 aromatic heterocycles. The molecule has 0 bridgehead atoms. The minimum Gasteiger partial charge on any atom is -0.406 e. The highest BCUT2D eigenvalue weighted by atomic mass is 32.2. The average molecular weight is 497 g/mol. The number of sulfonamides is 1. The first-order valence-electron chi connectivity index (χ1n) is 10.4. The molecule has 12 heteroatoms. The monoisotopic (exact) mass is 497 g/mol. The molecule has 0 saturated carbocycles. The Kier molecular flexibility index (Phi) is 6.82. The Balaban J connectivity index is 1.30. The highest BCUT2D eigenvalue weighted by Crippen LogP contribution is 2.30. The number of nitrogens with zero attached hydrogens (tertiary/aromatic N) is 2. The molecular formula is C22H22F3N3O5S. The number of anilines is 1. The van der Waals surface area contributed by atoms with Gasteiger partial charge in [-0.1, -0.05) is 23.4 Å². The van der Waals surface area contributed by atoms with Crippen molar-refractivity contribution in [2.24, 2.45) is 5.16 Å². The van der Waals surface area contributed by atoms with Crippen LogP contribution in [0.3, 0.4) is 0 Å². The van der Waals surface area contributed by atoms with Gasteiger partial charge in [-0.3, -0.25) is 0 Å². The number of ether oxygens (including phenoxy) is 1. The number of nitrogens with one attached hydrogen (secondary N) is 1. The molecule has 2 aromatic carbocycles. The van der Waals surface area contributed by atoms with Crippen LogP contribution in [0, 0.1) is 0 Å². The fourth-order valence-corrected chi connectivity index (χ4v) is 5.12. The maximum atomic E-state index is 12.8. The van der Waals surface area contributed by atoms with Crippen LogP contribution in [0.4, 0.5) is 18.9 Å². The molecular weight excluding hydrogens is 475 g/mol. The van der Waals surface area contributed by atoms with E-state index in [4.69, 9.17) is 4.84 Å². The summed E-state index contributed by atoms with van der Waals surface area (Å²) in [5.41, 5.74) is 2.92. The van der Waals surface area contributed by atoms with Crippen molar-refractivity contribution >= 4 is 21.4 Å². The normalized spacial score (nSPS) is 19.0. The van der Waals surface area contributed by atoms with Crippen molar-refractivity contribution in [2.75, 3.05) is 25.0 Å². The molecule has 1 atom stereocenters. The smallest absolute Gasteiger partial charge is 0.406 e. The number of oxime groups is 1. The molecule has 2 heterocycles. The van der Waals surface area contributed by atoms with Gasteiger partial charge in [-0.15, -0.1) is 13.2 Å². The first-order valence-corrected chi connectivity index (χ1v) is 11.8. The summed E-state index contributed by atoms with van der Waals surface area (Å²) in [4.78, 5) is 5.29. The van der Waals surface area contributed by atoms with Gasteiger partial charge in [0.05, 0.1) is 16.3 Å². The molecule has 0 radical (unpaired) electrons. The average Bonchev–Trinajstić information content (AvgIpc) is 2.79. The number of aliphatic hydroxyl groups excluding tert-OH is 1. The Hall–Kier alpha value is -3.09. The van der Waals surface area contributed by atoms with Gasteiger partial charge >= 0.3 is 6.36 Å². The summed E-state index contributed by atoms with van der Waals surface area (Å²) in [6, 6.07) is 11.5. The minimum absolute atomic E-state index is 0.114. The second-order valence-electron chi connectivity index (χ2n) is 7.70. The molecule has 0 amide bonds. The summed E-state index contributed by atoms with van der Waals surface area (Å²) >= 11 is 0. The van der Waals surface area contributed by atoms with Crippen LogP contribution in [-0.2, 0) is 14.9 Å². The van der Waals surface area contributed by atoms with E-state index in [1.54, 1.807) is 6.08 Å². The van der Waals surface area contributed by atoms with Crippen LogP contribution in [0.15, 0.2) is 70.4 Å². The number of hydrogen-bond acceptors (Lipinski definition) is 7. The van der Waals surface area contributed by atoms with Crippen molar-refractivity contribution in [3.63, 3.8) is 0 Å². The second kappa shape index (κ2) is 9.65. The van der Waals surface area contributed by atoms with Crippen LogP contribution in [0.25, 0.3) is 0 Å². The van der Waals surface area contributed by atoms with E-state index in [0.29, 0.717) is 24.3 Å². The molecule has 2 aliphatic rings. The third-order valence-corrected chi connectivity index (χ3v) is 7.25. The number of fused-ring (bicyclic) bond motifs is 1. The van der Waals surface area contributed by atoms with Crippen LogP contribution in [0.2, 0.25) is 0 Å². The van der Waals surface area contributed by atoms with Gasteiger partial charge in [-0.25, -0.2) is 8.42 Å². The zero-order valence-corrected chi connectivity index (χ0v) is 18.6. The third-order valence-electron chi connectivity index (χ3n) is 5.34. The molecule has 2 N–H and O–H groups in total. The molecule has 2 aromatic rings. The molecule has 0 spiro atoms. The fraction of sp³-hybridized carbons (Fsp3) is 0.318. The van der Waals surface area contributed by atoms with Crippen LogP contribution >= 0.6 is 0 Å². The van der Waals surface area contributed by atoms with Crippen molar-refractivity contribution < 1.29 is 36.3 Å². The van der Waals surface area contributed by atoms with Gasteiger partial charge in [0.15, 0.2) is 6.61 Å². The molecule has 182 valence electrons. The van der Waals surface area contributed by atoms with Gasteiger partial charge in [0.1, 0.15) is 11.9 Å². The Bertz CT molecular complexity index is 1190. The first-order chi connectivity index (χ1) is 16.1. The van der Waals surface area contributed by atoms with Crippen LogP contribution in [0.1, 0.15) is 24.5 Å². The van der Waals surface area contributed by atoms with Crippen molar-refractivity contribution in [1.82, 2.24) is 4.31 Å². The zero-order valence-electron chi connectivity index (χ0n) is 17.8. The summed E-state index contributed by atoms with van der Waals surface area (Å²) < 4.78 is 67.5. The number of aliphatic hydroxyl groups is 1. The molecule has 2 aliphatic heterocycles. The molecule has 4 rings (SSSR count). The predicted octanol–water partition coefficient (Wildman–Crippen LogP) is 3.79. The zero-order chi connectivity index (χ0) is 24.3. The largest absolute Gasteiger partial charge is 0.573 e. The van der Waals surface area contributed by atoms with E-state index < -0.39 is 28.2 Å². The summed E-state index contributed by atoms with van der Waals surface area (Å²) in [6.45, 7) is 0.444. The maximum absolute atomic E-state index is 12.8. The first kappa shape index (κ1) is 24.0. The molecule has 34 heavy (non-hydrogen) atoms. The maximum Gasteiger partial charge on any atom is 0.573 e. The number of hydrogen-bond donors (Lipinski definition) is 2. The Morgan fingerprint density at radius 3 is 2.44 bits per heavy atom. The summed E-state index contributed by atoms with van der Waals surface area (Å²) in [5.74, 6) is -0.491. The number of benzene rings is 2. The van der Waals surface area contributed by atoms with Gasteiger partial charge in [0.2, 0.25) is 10.0 Å². The molecule has 8 nitrogen and oxygen atoms in total. The van der Waals surface area contributed by atoms with E-state index >= 15 is 0 Å². The second-order valence-corrected chi connectivity index (χ2v) is 9.64. The lowest BCUT2D eigenvalue weighted by atomic mass is 10.0. The van der Waals surface area contributed by atoms with Gasteiger partial charge in [-0.2, -0.15) is 4.31 Å². The molecule has 0 aliphatic carbocycles. The highest BCUT2D eigenvalue weighted by molar-refractivity contribution is 7.89. The third kappa shape index (κ3) is 5.69. The molecule has 1 saturated heterocycles. The van der Waals surface area contributed by atoms with E-state index in [1.807, 2.05) is 24.3 Å². The Morgan fingerprint density at radius 2 is 1.76 bits per heavy atom. The lowest BCUT2D eigenvalue weighted by Crippen LogP contribution is -2.38. The topological polar surface area (TPSA) is 100 Å². The van der Waals surface area contributed by atoms with E-state index in [1.165, 1.54) is 4.31 Å². The Labute approximate surface area is 194 Å². The van der Waals surface area contributed by atoms with E-state index in [9.17, 15) is 26.7 Å². The van der Waals surface area contributed by atoms with Crippen molar-refractivity contribution in [2.45, 2.75) is 30.2 Å². The summed E-state index contributed by atoms with van der Waals surface area (Å²) in [5, 5.41) is 17.5. The number of piperidine rings is 1. The van der Waals surface area contributed by atoms with Crippen molar-refractivity contribution in [1.29, 1.82) is 0 Å². The summed E-state index contributed by atoms with van der Waals surface area (Å²) in [7, 11) is -3.86. The molecule has 1 fully saturated rings. The standard InChI is InChI=1S/C22H22F3N3O5S/c23-22(24,25)33-17-5-7-18(8-6-17)34(30,31)28-11-9-15(10-12-28)27-32-14-16-13-21(29)19-3-1-2-4-20(19)26-16/h1-8,13,21,26,29H,9-12,14H2. The number of rotatable bonds is 6. The van der Waals surface area contributed by atoms with Crippen LogP contribution in [-0.4, -0.2) is 49.6 Å². The van der Waals surface area contributed by atoms with Gasteiger partial charge in [0.25, 0.3) is 0 Å². The van der Waals surface area contributed by atoms with E-state index in [0.717, 1.165) is 35.5 Å².